The first-order chi connectivity index (χ1) is 30.4. The summed E-state index contributed by atoms with van der Waals surface area (Å²) >= 11 is 0. The topological polar surface area (TPSA) is 162 Å². The third-order valence-corrected chi connectivity index (χ3v) is 13.3. The lowest BCUT2D eigenvalue weighted by atomic mass is 9.60. The van der Waals surface area contributed by atoms with Gasteiger partial charge in [-0.15, -0.1) is 0 Å². The highest BCUT2D eigenvalue weighted by molar-refractivity contribution is 6.23. The maximum atomic E-state index is 15.2. The minimum absolute atomic E-state index is 0.0216. The fourth-order valence-electron chi connectivity index (χ4n) is 9.78. The van der Waals surface area contributed by atoms with Crippen molar-refractivity contribution in [2.45, 2.75) is 96.2 Å². The maximum absolute atomic E-state index is 15.2. The number of likely N-dealkylation sites (N-methyl/N-ethyl adjacent to an activating group) is 1. The summed E-state index contributed by atoms with van der Waals surface area (Å²) in [5, 5.41) is 9.38. The van der Waals surface area contributed by atoms with Crippen molar-refractivity contribution < 1.29 is 32.7 Å². The smallest absolute Gasteiger partial charge is 0.262 e. The number of fused-ring (bicyclic) bond motifs is 2. The van der Waals surface area contributed by atoms with Crippen molar-refractivity contribution in [1.82, 2.24) is 30.5 Å². The van der Waals surface area contributed by atoms with Crippen LogP contribution in [-0.4, -0.2) is 102 Å². The summed E-state index contributed by atoms with van der Waals surface area (Å²) in [5.74, 6) is -1.59. The number of hydrogen-bond donors (Lipinski definition) is 3. The number of carbonyl (C=O) groups is 4. The Hall–Kier alpha value is -6.03. The molecule has 2 unspecified atom stereocenters. The largest absolute Gasteiger partial charge is 0.486 e. The van der Waals surface area contributed by atoms with Gasteiger partial charge in [-0.3, -0.25) is 19.3 Å². The predicted molar refractivity (Wildman–Crippen MR) is 236 cm³/mol. The van der Waals surface area contributed by atoms with Gasteiger partial charge in [0.25, 0.3) is 11.8 Å². The molecule has 2 aromatic carbocycles. The molecular formula is C47H55F2N9O5. The fraction of sp³-hybridized carbons (Fsp3) is 0.468. The summed E-state index contributed by atoms with van der Waals surface area (Å²) in [6.07, 6.45) is 9.98. The number of carbonyl (C=O) groups excluding carboxylic acids is 4. The van der Waals surface area contributed by atoms with E-state index in [2.05, 4.69) is 42.7 Å². The lowest BCUT2D eigenvalue weighted by Gasteiger charge is -2.53. The van der Waals surface area contributed by atoms with Crippen LogP contribution in [-0.2, 0) is 9.59 Å². The summed E-state index contributed by atoms with van der Waals surface area (Å²) in [6, 6.07) is 11.7. The van der Waals surface area contributed by atoms with Gasteiger partial charge in [0.15, 0.2) is 17.4 Å². The van der Waals surface area contributed by atoms with E-state index in [0.717, 1.165) is 80.5 Å². The van der Waals surface area contributed by atoms with Gasteiger partial charge < -0.3 is 35.3 Å². The van der Waals surface area contributed by atoms with E-state index < -0.39 is 35.4 Å². The number of pyridine rings is 1. The second-order valence-corrected chi connectivity index (χ2v) is 17.5. The van der Waals surface area contributed by atoms with Crippen LogP contribution < -0.4 is 30.5 Å². The summed E-state index contributed by atoms with van der Waals surface area (Å²) < 4.78 is 35.9. The highest BCUT2D eigenvalue weighted by Crippen LogP contribution is 2.50. The van der Waals surface area contributed by atoms with Crippen LogP contribution >= 0.6 is 0 Å². The molecule has 2 atom stereocenters. The number of nitrogens with one attached hydrogen (secondary N) is 3. The number of benzene rings is 2. The highest BCUT2D eigenvalue weighted by atomic mass is 19.1. The Bertz CT molecular complexity index is 2360. The first-order valence-electron chi connectivity index (χ1n) is 22.1. The number of piperidine rings is 1. The minimum Gasteiger partial charge on any atom is -0.486 e. The predicted octanol–water partition coefficient (Wildman–Crippen LogP) is 6.78. The molecule has 1 saturated carbocycles. The molecule has 4 aromatic rings. The van der Waals surface area contributed by atoms with Gasteiger partial charge >= 0.3 is 0 Å². The lowest BCUT2D eigenvalue weighted by Crippen LogP contribution is -2.54. The molecule has 4 aliphatic rings. The Labute approximate surface area is 366 Å². The van der Waals surface area contributed by atoms with Crippen LogP contribution in [0.1, 0.15) is 104 Å². The first-order valence-corrected chi connectivity index (χ1v) is 22.1. The number of hydrogen-bond acceptors (Lipinski definition) is 12. The number of amides is 3. The van der Waals surface area contributed by atoms with Crippen molar-refractivity contribution in [3.8, 4) is 17.0 Å². The van der Waals surface area contributed by atoms with Gasteiger partial charge in [0.05, 0.1) is 29.6 Å². The second kappa shape index (κ2) is 18.4. The van der Waals surface area contributed by atoms with Gasteiger partial charge in [-0.1, -0.05) is 13.0 Å². The van der Waals surface area contributed by atoms with E-state index in [9.17, 15) is 19.2 Å². The van der Waals surface area contributed by atoms with E-state index in [0.29, 0.717) is 59.4 Å². The van der Waals surface area contributed by atoms with Gasteiger partial charge in [-0.25, -0.2) is 23.7 Å². The third kappa shape index (κ3) is 8.82. The molecule has 3 aliphatic heterocycles. The normalized spacial score (nSPS) is 17.9. The van der Waals surface area contributed by atoms with Crippen molar-refractivity contribution in [2.24, 2.45) is 5.41 Å². The zero-order valence-corrected chi connectivity index (χ0v) is 36.3. The van der Waals surface area contributed by atoms with Crippen molar-refractivity contribution in [2.75, 3.05) is 55.0 Å². The second-order valence-electron chi connectivity index (χ2n) is 17.5. The van der Waals surface area contributed by atoms with Gasteiger partial charge in [0, 0.05) is 56.1 Å². The molecule has 63 heavy (non-hydrogen) atoms. The van der Waals surface area contributed by atoms with Crippen molar-refractivity contribution in [1.29, 1.82) is 0 Å². The maximum Gasteiger partial charge on any atom is 0.262 e. The van der Waals surface area contributed by atoms with Gasteiger partial charge in [0.2, 0.25) is 11.9 Å². The molecule has 2 fully saturated rings. The number of halogens is 2. The van der Waals surface area contributed by atoms with E-state index in [1.165, 1.54) is 13.1 Å². The third-order valence-electron chi connectivity index (χ3n) is 13.3. The Morgan fingerprint density at radius 2 is 1.75 bits per heavy atom. The van der Waals surface area contributed by atoms with Crippen LogP contribution in [0.4, 0.5) is 31.9 Å². The van der Waals surface area contributed by atoms with E-state index in [-0.39, 0.29) is 41.8 Å². The molecule has 14 nitrogen and oxygen atoms in total. The molecule has 1 aliphatic carbocycles. The Kier molecular flexibility index (Phi) is 12.7. The van der Waals surface area contributed by atoms with Gasteiger partial charge in [-0.2, -0.15) is 0 Å². The van der Waals surface area contributed by atoms with E-state index in [1.807, 2.05) is 43.1 Å². The van der Waals surface area contributed by atoms with Crippen LogP contribution in [0, 0.1) is 17.0 Å². The van der Waals surface area contributed by atoms with Crippen molar-refractivity contribution >= 4 is 47.1 Å². The quantitative estimate of drug-likeness (QED) is 0.0802. The summed E-state index contributed by atoms with van der Waals surface area (Å²) in [6.45, 7) is 9.77. The minimum atomic E-state index is -1.04. The summed E-state index contributed by atoms with van der Waals surface area (Å²) in [5.41, 5.74) is 3.72. The van der Waals surface area contributed by atoms with Crippen LogP contribution in [0.2, 0.25) is 0 Å². The van der Waals surface area contributed by atoms with Gasteiger partial charge in [0.1, 0.15) is 30.4 Å². The molecule has 332 valence electrons. The molecule has 1 saturated heterocycles. The molecule has 8 rings (SSSR count). The number of ether oxygens (including phenoxy) is 1. The number of imide groups is 1. The summed E-state index contributed by atoms with van der Waals surface area (Å²) in [4.78, 5) is 68.8. The molecule has 0 radical (unpaired) electrons. The summed E-state index contributed by atoms with van der Waals surface area (Å²) in [7, 11) is 1.45. The number of anilines is 4. The van der Waals surface area contributed by atoms with E-state index in [4.69, 9.17) is 4.74 Å². The molecule has 1 spiro atoms. The average molecular weight is 864 g/mol. The van der Waals surface area contributed by atoms with Crippen LogP contribution in [0.3, 0.4) is 0 Å². The van der Waals surface area contributed by atoms with Crippen LogP contribution in [0.5, 0.6) is 5.75 Å². The highest BCUT2D eigenvalue weighted by Gasteiger charge is 2.46. The number of aromatic nitrogens is 3. The first kappa shape index (κ1) is 43.6. The molecule has 5 heterocycles. The molecule has 16 heteroatoms. The SMILES string of the molecule is CCC(CCNC1CC2(CCN(c3ccc4c(c3)C(=O)N(C(CCC=O)C(=O)NC)C4=O)CC2)C1)c1ccc(Nc2ncc(F)c(-c3cc(F)c4c(c3)N(C(C)C)CCO4)n2)nc1. The number of nitrogens with zero attached hydrogens (tertiary/aromatic N) is 6. The molecule has 3 N–H and O–H groups in total. The lowest BCUT2D eigenvalue weighted by molar-refractivity contribution is -0.124. The van der Waals surface area contributed by atoms with Crippen molar-refractivity contribution in [3.63, 3.8) is 0 Å². The Balaban J connectivity index is 0.810. The molecule has 2 aromatic heterocycles. The van der Waals surface area contributed by atoms with Gasteiger partial charge in [-0.05, 0) is 119 Å². The zero-order valence-electron chi connectivity index (χ0n) is 36.3. The number of rotatable bonds is 16. The Morgan fingerprint density at radius 1 is 0.968 bits per heavy atom. The van der Waals surface area contributed by atoms with E-state index >= 15 is 8.78 Å². The Morgan fingerprint density at radius 3 is 2.44 bits per heavy atom. The van der Waals surface area contributed by atoms with Crippen LogP contribution in [0.15, 0.2) is 54.9 Å². The van der Waals surface area contributed by atoms with E-state index in [1.54, 1.807) is 18.2 Å². The van der Waals surface area contributed by atoms with Crippen LogP contribution in [0.25, 0.3) is 11.3 Å². The van der Waals surface area contributed by atoms with Crippen molar-refractivity contribution in [3.05, 3.63) is 83.2 Å². The monoisotopic (exact) mass is 863 g/mol. The molecule has 0 bridgehead atoms. The zero-order chi connectivity index (χ0) is 44.4. The molecule has 3 amide bonds. The standard InChI is InChI=1S/C47H55F2N9O5/c1-5-29(30-8-11-40(52-26-30)54-46-53-27-37(49)41(55-46)31-21-36(48)42-39(22-31)57(28(2)3)18-20-63-42)12-15-51-32-24-47(25-32)13-16-56(17-14-47)33-9-10-34-35(23-33)45(62)58(44(34)61)38(7-6-19-59)43(60)50-4/h8-11,19,21-23,26-29,32,38,51H,5-7,12-18,20,24-25H2,1-4H3,(H,50,60)(H,52,53,54,55). The average Bonchev–Trinajstić information content (AvgIpc) is 3.53. The number of aldehydes is 1. The fourth-order valence-corrected chi connectivity index (χ4v) is 9.78. The molecular weight excluding hydrogens is 809 g/mol.